The van der Waals surface area contributed by atoms with Crippen LogP contribution in [0.1, 0.15) is 0 Å². The summed E-state index contributed by atoms with van der Waals surface area (Å²) in [6, 6.07) is 184. The standard InChI is InChI=1S/C72H47N3O.C58H37N3O/c1-3-14-55(15-4-1)74-68-24-11-8-19-62(68)66-46-53(37-45-69(66)74)50-32-40-58(41-33-50)73(57-38-30-49(31-39-57)48-26-28-52(29-27-48)60-21-13-22-65-64-20-9-12-25-71(64)76-72(60)65)59-42-34-51(35-43-59)54-36-44-63-61-18-7-10-23-67(61)75(70(63)47-54)56-16-5-2-6-17-56;1-2-12-42(13-3-1)60-55-20-10-6-16-49(55)51-36-41(25-32-56(51)60)38-22-23-40-35-45(26-24-39(40)34-38)59(46-31-33-58-52(37-46)50-17-7-11-21-57(50)62-58)43-27-29-44(30-28-43)61-53-18-8-4-14-47(53)48-15-5-9-19-54(48)61/h1-47H;1-37H. The Kier molecular flexibility index (Phi) is 18.8. The summed E-state index contributed by atoms with van der Waals surface area (Å²) in [5.74, 6) is 0. The van der Waals surface area contributed by atoms with Gasteiger partial charge in [-0.3, -0.25) is 0 Å². The highest BCUT2D eigenvalue weighted by Crippen LogP contribution is 2.47. The molecule has 28 aromatic rings. The molecule has 0 unspecified atom stereocenters. The topological polar surface area (TPSA) is 52.5 Å². The molecule has 28 rings (SSSR count). The molecule has 0 atom stereocenters. The van der Waals surface area contributed by atoms with Crippen LogP contribution in [0.2, 0.25) is 0 Å². The van der Waals surface area contributed by atoms with E-state index in [0.717, 1.165) is 128 Å². The summed E-state index contributed by atoms with van der Waals surface area (Å²) in [5, 5.41) is 16.8. The molecule has 0 saturated heterocycles. The van der Waals surface area contributed by atoms with Gasteiger partial charge >= 0.3 is 0 Å². The van der Waals surface area contributed by atoms with Crippen LogP contribution >= 0.6 is 0 Å². The molecule has 8 nitrogen and oxygen atoms in total. The number of benzene rings is 22. The molecule has 0 aliphatic heterocycles. The fourth-order valence-electron chi connectivity index (χ4n) is 21.5. The Morgan fingerprint density at radius 1 is 0.145 bits per heavy atom. The van der Waals surface area contributed by atoms with Crippen LogP contribution in [-0.4, -0.2) is 18.3 Å². The van der Waals surface area contributed by atoms with Gasteiger partial charge in [0.1, 0.15) is 22.3 Å². The Balaban J connectivity index is 0.000000142. The summed E-state index contributed by atoms with van der Waals surface area (Å²) < 4.78 is 22.2. The lowest BCUT2D eigenvalue weighted by atomic mass is 9.98. The van der Waals surface area contributed by atoms with E-state index in [1.807, 2.05) is 24.3 Å². The summed E-state index contributed by atoms with van der Waals surface area (Å²) in [5.41, 5.74) is 35.8. The minimum Gasteiger partial charge on any atom is -0.456 e. The van der Waals surface area contributed by atoms with Crippen LogP contribution in [0.15, 0.2) is 518 Å². The maximum atomic E-state index is 6.40. The lowest BCUT2D eigenvalue weighted by Gasteiger charge is -2.26. The molecule has 22 aromatic carbocycles. The Morgan fingerprint density at radius 2 is 0.442 bits per heavy atom. The normalized spacial score (nSPS) is 11.8. The Bertz CT molecular complexity index is 9570. The van der Waals surface area contributed by atoms with E-state index in [-0.39, 0.29) is 0 Å². The molecule has 646 valence electrons. The SMILES string of the molecule is c1ccc(-n2c3ccccc3c3cc(-c4ccc(N(c5ccc(-c6ccc(-c7cccc8c7oc7ccccc78)cc6)cc5)c5ccc(-c6ccc7c8ccccc8n(-c8ccccc8)c7c6)cc5)cc4)ccc32)cc1.c1ccc(-n2c3ccccc3c3cc(-c4ccc5cc(N(c6ccc(-n7c8ccccc8c8ccccc87)cc6)c6ccc7oc8ccccc8c7c6)ccc5c4)ccc32)cc1. The van der Waals surface area contributed by atoms with Gasteiger partial charge in [0.15, 0.2) is 0 Å². The maximum Gasteiger partial charge on any atom is 0.143 e. The number of hydrogen-bond donors (Lipinski definition) is 0. The Morgan fingerprint density at radius 3 is 0.949 bits per heavy atom. The summed E-state index contributed by atoms with van der Waals surface area (Å²) in [6.07, 6.45) is 0. The van der Waals surface area contributed by atoms with E-state index in [0.29, 0.717) is 0 Å². The third-order valence-corrected chi connectivity index (χ3v) is 28.0. The van der Waals surface area contributed by atoms with Crippen molar-refractivity contribution in [1.29, 1.82) is 0 Å². The number of rotatable bonds is 15. The van der Waals surface area contributed by atoms with Crippen LogP contribution in [0.25, 0.3) is 220 Å². The summed E-state index contributed by atoms with van der Waals surface area (Å²) in [6.45, 7) is 0. The quantitative estimate of drug-likeness (QED) is 0.103. The van der Waals surface area contributed by atoms with Gasteiger partial charge in [0.05, 0.1) is 44.1 Å². The van der Waals surface area contributed by atoms with Crippen molar-refractivity contribution in [2.45, 2.75) is 0 Å². The van der Waals surface area contributed by atoms with Crippen LogP contribution in [0.4, 0.5) is 34.1 Å². The van der Waals surface area contributed by atoms with Gasteiger partial charge in [0, 0.05) is 127 Å². The van der Waals surface area contributed by atoms with E-state index < -0.39 is 0 Å². The van der Waals surface area contributed by atoms with Crippen molar-refractivity contribution < 1.29 is 8.83 Å². The second kappa shape index (κ2) is 32.8. The maximum absolute atomic E-state index is 6.40. The summed E-state index contributed by atoms with van der Waals surface area (Å²) in [4.78, 5) is 4.72. The van der Waals surface area contributed by atoms with E-state index >= 15 is 0 Å². The lowest BCUT2D eigenvalue weighted by Crippen LogP contribution is -2.10. The molecule has 0 saturated carbocycles. The van der Waals surface area contributed by atoms with Crippen LogP contribution in [-0.2, 0) is 0 Å². The van der Waals surface area contributed by atoms with Gasteiger partial charge in [-0.15, -0.1) is 0 Å². The van der Waals surface area contributed by atoms with E-state index in [2.05, 4.69) is 513 Å². The average molecular weight is 1760 g/mol. The predicted molar refractivity (Wildman–Crippen MR) is 579 cm³/mol. The molecule has 0 amide bonds. The first-order valence-corrected chi connectivity index (χ1v) is 47.1. The van der Waals surface area contributed by atoms with E-state index in [1.54, 1.807) is 0 Å². The van der Waals surface area contributed by atoms with E-state index in [4.69, 9.17) is 8.83 Å². The molecule has 0 aliphatic rings. The first-order chi connectivity index (χ1) is 68.4. The minimum absolute atomic E-state index is 0.880. The molecule has 0 bridgehead atoms. The van der Waals surface area contributed by atoms with Gasteiger partial charge in [0.25, 0.3) is 0 Å². The molecule has 6 aromatic heterocycles. The molecule has 0 aliphatic carbocycles. The van der Waals surface area contributed by atoms with Crippen molar-refractivity contribution >= 4 is 176 Å². The van der Waals surface area contributed by atoms with Crippen molar-refractivity contribution in [3.05, 3.63) is 510 Å². The zero-order chi connectivity index (χ0) is 90.8. The highest BCUT2D eigenvalue weighted by atomic mass is 16.3. The number of para-hydroxylation sites is 11. The van der Waals surface area contributed by atoms with Crippen molar-refractivity contribution in [2.75, 3.05) is 9.80 Å². The Labute approximate surface area is 795 Å². The molecule has 138 heavy (non-hydrogen) atoms. The average Bonchev–Trinajstić information content (AvgIpc) is 1.59. The molecule has 0 fully saturated rings. The highest BCUT2D eigenvalue weighted by Gasteiger charge is 2.24. The van der Waals surface area contributed by atoms with Gasteiger partial charge in [0.2, 0.25) is 0 Å². The molecule has 0 spiro atoms. The summed E-state index contributed by atoms with van der Waals surface area (Å²) in [7, 11) is 0. The molecule has 6 heterocycles. The fraction of sp³-hybridized carbons (Fsp3) is 0. The largest absolute Gasteiger partial charge is 0.456 e. The number of fused-ring (bicyclic) bond motifs is 19. The molecular formula is C130H84N6O2. The third kappa shape index (κ3) is 13.4. The van der Waals surface area contributed by atoms with E-state index in [9.17, 15) is 0 Å². The summed E-state index contributed by atoms with van der Waals surface area (Å²) >= 11 is 0. The van der Waals surface area contributed by atoms with Gasteiger partial charge in [-0.1, -0.05) is 303 Å². The molecular weight excluding hydrogens is 1680 g/mol. The smallest absolute Gasteiger partial charge is 0.143 e. The third-order valence-electron chi connectivity index (χ3n) is 28.0. The second-order valence-corrected chi connectivity index (χ2v) is 35.8. The first kappa shape index (κ1) is 79.3. The molecule has 0 radical (unpaired) electrons. The number of anilines is 6. The number of furan rings is 2. The zero-order valence-corrected chi connectivity index (χ0v) is 75.0. The molecule has 0 N–H and O–H groups in total. The van der Waals surface area contributed by atoms with Gasteiger partial charge in [-0.25, -0.2) is 0 Å². The van der Waals surface area contributed by atoms with E-state index in [1.165, 1.54) is 126 Å². The minimum atomic E-state index is 0.880. The second-order valence-electron chi connectivity index (χ2n) is 35.8. The molecule has 8 heteroatoms. The number of aromatic nitrogens is 4. The van der Waals surface area contributed by atoms with Gasteiger partial charge in [-0.2, -0.15) is 0 Å². The fourth-order valence-corrected chi connectivity index (χ4v) is 21.5. The predicted octanol–water partition coefficient (Wildman–Crippen LogP) is 36.0. The highest BCUT2D eigenvalue weighted by molar-refractivity contribution is 6.16. The Hall–Kier alpha value is -18.5. The van der Waals surface area contributed by atoms with Crippen LogP contribution < -0.4 is 9.80 Å². The van der Waals surface area contributed by atoms with Gasteiger partial charge in [-0.05, 0) is 267 Å². The number of hydrogen-bond acceptors (Lipinski definition) is 4. The van der Waals surface area contributed by atoms with Crippen molar-refractivity contribution in [3.8, 4) is 78.4 Å². The van der Waals surface area contributed by atoms with Gasteiger partial charge < -0.3 is 36.9 Å². The number of nitrogens with zero attached hydrogens (tertiary/aromatic N) is 6. The lowest BCUT2D eigenvalue weighted by molar-refractivity contribution is 0.669. The van der Waals surface area contributed by atoms with Crippen LogP contribution in [0, 0.1) is 0 Å². The van der Waals surface area contributed by atoms with Crippen molar-refractivity contribution in [1.82, 2.24) is 18.3 Å². The van der Waals surface area contributed by atoms with Crippen LogP contribution in [0.3, 0.4) is 0 Å². The first-order valence-electron chi connectivity index (χ1n) is 47.1. The zero-order valence-electron chi connectivity index (χ0n) is 75.0. The monoisotopic (exact) mass is 1760 g/mol. The van der Waals surface area contributed by atoms with Crippen molar-refractivity contribution in [3.63, 3.8) is 0 Å². The van der Waals surface area contributed by atoms with Crippen LogP contribution in [0.5, 0.6) is 0 Å². The van der Waals surface area contributed by atoms with Crippen molar-refractivity contribution in [2.24, 2.45) is 0 Å².